The second kappa shape index (κ2) is 18.3. The number of rotatable bonds is 8. The van der Waals surface area contributed by atoms with Crippen LogP contribution in [0.2, 0.25) is 39.3 Å². The number of hydrogen-bond acceptors (Lipinski definition) is 6. The molecule has 17 heteroatoms. The summed E-state index contributed by atoms with van der Waals surface area (Å²) in [6.45, 7) is 21.8. The van der Waals surface area contributed by atoms with Gasteiger partial charge in [-0.15, -0.1) is 22.0 Å². The Labute approximate surface area is 384 Å². The van der Waals surface area contributed by atoms with Crippen molar-refractivity contribution in [2.45, 2.75) is 80.8 Å². The molecule has 0 bridgehead atoms. The molecule has 0 aliphatic carbocycles. The molecule has 6 heterocycles. The predicted octanol–water partition coefficient (Wildman–Crippen LogP) is 6.44. The van der Waals surface area contributed by atoms with E-state index in [2.05, 4.69) is 111 Å². The van der Waals surface area contributed by atoms with Gasteiger partial charge in [-0.3, -0.25) is 0 Å². The first-order chi connectivity index (χ1) is 29.4. The van der Waals surface area contributed by atoms with E-state index >= 15 is 0 Å². The normalized spacial score (nSPS) is 11.7. The van der Waals surface area contributed by atoms with Gasteiger partial charge in [0.1, 0.15) is 16.1 Å². The van der Waals surface area contributed by atoms with Crippen LogP contribution in [0.15, 0.2) is 122 Å². The van der Waals surface area contributed by atoms with Crippen LogP contribution in [0.5, 0.6) is 0 Å². The van der Waals surface area contributed by atoms with E-state index in [4.69, 9.17) is 30.6 Å². The maximum absolute atomic E-state index is 4.82. The Bertz CT molecular complexity index is 2540. The summed E-state index contributed by atoms with van der Waals surface area (Å²) in [7, 11) is -2.88. The maximum Gasteiger partial charge on any atom is 2.00 e. The minimum atomic E-state index is -1.83. The van der Waals surface area contributed by atoms with Crippen molar-refractivity contribution >= 4 is 40.2 Å². The molecule has 0 spiro atoms. The molecule has 322 valence electrons. The number of hydrogen-bond donors (Lipinski definition) is 0. The average Bonchev–Trinajstić information content (AvgIpc) is 4.09. The van der Waals surface area contributed by atoms with E-state index in [1.807, 2.05) is 143 Å². The van der Waals surface area contributed by atoms with Crippen LogP contribution >= 0.6 is 0 Å². The molecule has 63 heavy (non-hydrogen) atoms. The monoisotopic (exact) mass is 910 g/mol. The van der Waals surface area contributed by atoms with Crippen molar-refractivity contribution in [3.8, 4) is 22.9 Å². The van der Waals surface area contributed by atoms with Crippen molar-refractivity contribution < 1.29 is 17.1 Å². The van der Waals surface area contributed by atoms with Crippen LogP contribution in [0.1, 0.15) is 45.3 Å². The predicted molar refractivity (Wildman–Crippen MR) is 258 cm³/mol. The molecular formula is C46H56B2FeN12Si2. The molecule has 0 N–H and O–H groups in total. The summed E-state index contributed by atoms with van der Waals surface area (Å²) in [4.78, 5) is 0. The molecule has 8 rings (SSSR count). The van der Waals surface area contributed by atoms with Crippen molar-refractivity contribution in [1.29, 1.82) is 0 Å². The number of aromatic nitrogens is 12. The summed E-state index contributed by atoms with van der Waals surface area (Å²) >= 11 is 0. The van der Waals surface area contributed by atoms with Gasteiger partial charge in [-0.25, -0.2) is 30.6 Å². The second-order valence-electron chi connectivity index (χ2n) is 18.3. The summed E-state index contributed by atoms with van der Waals surface area (Å²) in [6, 6.07) is 28.9. The molecule has 0 saturated carbocycles. The molecule has 12 nitrogen and oxygen atoms in total. The van der Waals surface area contributed by atoms with E-state index in [1.165, 1.54) is 0 Å². The largest absolute Gasteiger partial charge is 2.00 e. The van der Waals surface area contributed by atoms with Gasteiger partial charge < -0.3 is 27.6 Å². The molecular weight excluding hydrogens is 854 g/mol. The van der Waals surface area contributed by atoms with Crippen molar-refractivity contribution in [2.24, 2.45) is 0 Å². The SMILES string of the molecule is Cc1ccn([B-](c2ccc(C#C[Si](C)(C)C)cc2)(n2ccc(C)n2)n2ccc(C)n2)n1.Cc1ccn([B-](c2ccc(C#C[Si](C)(C)C)cc2)(n2ccc(C)n2)n2ccc(C)n2)n1.[Fe+2]. The zero-order valence-corrected chi connectivity index (χ0v) is 41.5. The molecule has 0 atom stereocenters. The van der Waals surface area contributed by atoms with Crippen LogP contribution in [-0.2, 0) is 17.1 Å². The third-order valence-electron chi connectivity index (χ3n) is 10.5. The van der Waals surface area contributed by atoms with E-state index < -0.39 is 29.2 Å². The Kier molecular flexibility index (Phi) is 13.5. The van der Waals surface area contributed by atoms with Crippen LogP contribution in [0, 0.1) is 64.5 Å². The van der Waals surface area contributed by atoms with Gasteiger partial charge >= 0.3 is 30.2 Å². The fourth-order valence-corrected chi connectivity index (χ4v) is 8.65. The van der Waals surface area contributed by atoms with E-state index in [1.54, 1.807) is 0 Å². The number of benzene rings is 2. The Morgan fingerprint density at radius 2 is 0.556 bits per heavy atom. The van der Waals surface area contributed by atoms with Crippen molar-refractivity contribution in [3.63, 3.8) is 0 Å². The van der Waals surface area contributed by atoms with Crippen molar-refractivity contribution in [2.75, 3.05) is 0 Å². The molecule has 0 saturated heterocycles. The Morgan fingerprint density at radius 3 is 0.714 bits per heavy atom. The van der Waals surface area contributed by atoms with Gasteiger partial charge in [0.15, 0.2) is 0 Å². The molecule has 8 aromatic rings. The van der Waals surface area contributed by atoms with E-state index in [0.717, 1.165) is 56.2 Å². The van der Waals surface area contributed by atoms with Crippen molar-refractivity contribution in [1.82, 2.24) is 58.1 Å². The zero-order chi connectivity index (χ0) is 44.5. The van der Waals surface area contributed by atoms with Crippen LogP contribution in [0.3, 0.4) is 0 Å². The minimum absolute atomic E-state index is 0. The standard InChI is InChI=1S/2C23H28BN6Si.Fe/c2*1-19-11-15-28(25-19)24(29-16-12-20(2)26-29,30-17-13-21(3)27-30)23-9-7-22(8-10-23)14-18-31(4,5)6;/h2*7-13,15-17H,1-6H3;/q2*-1;+2. The van der Waals surface area contributed by atoms with Crippen LogP contribution < -0.4 is 10.9 Å². The molecule has 2 aromatic carbocycles. The van der Waals surface area contributed by atoms with Gasteiger partial charge in [-0.05, 0) is 139 Å². The topological polar surface area (TPSA) is 107 Å². The van der Waals surface area contributed by atoms with Gasteiger partial charge in [-0.1, -0.05) is 75.4 Å². The zero-order valence-electron chi connectivity index (χ0n) is 38.4. The van der Waals surface area contributed by atoms with E-state index in [-0.39, 0.29) is 17.1 Å². The smallest absolute Gasteiger partial charge is 0.396 e. The average molecular weight is 911 g/mol. The summed E-state index contributed by atoms with van der Waals surface area (Å²) in [5.74, 6) is 6.69. The number of aryl methyl sites for hydroxylation is 6. The van der Waals surface area contributed by atoms with Crippen LogP contribution in [0.25, 0.3) is 0 Å². The Hall–Kier alpha value is -6.10. The molecule has 6 aromatic heterocycles. The summed E-state index contributed by atoms with van der Waals surface area (Å²) < 4.78 is 11.9. The Morgan fingerprint density at radius 1 is 0.349 bits per heavy atom. The van der Waals surface area contributed by atoms with Crippen molar-refractivity contribution in [3.05, 3.63) is 167 Å². The molecule has 0 aliphatic rings. The Balaban J connectivity index is 0.000000206. The molecule has 0 amide bonds. The minimum Gasteiger partial charge on any atom is -0.396 e. The van der Waals surface area contributed by atoms with Gasteiger partial charge in [0.05, 0.1) is 34.2 Å². The summed E-state index contributed by atoms with van der Waals surface area (Å²) in [5.41, 5.74) is 16.7. The second-order valence-corrected chi connectivity index (χ2v) is 27.8. The van der Waals surface area contributed by atoms with Crippen LogP contribution in [-0.4, -0.2) is 87.4 Å². The van der Waals surface area contributed by atoms with E-state index in [9.17, 15) is 0 Å². The first-order valence-corrected chi connectivity index (χ1v) is 28.1. The van der Waals surface area contributed by atoms with Gasteiger partial charge in [0.2, 0.25) is 0 Å². The van der Waals surface area contributed by atoms with Gasteiger partial charge in [0.25, 0.3) is 0 Å². The fraction of sp³-hybridized carbons (Fsp3) is 0.261. The number of nitrogens with zero attached hydrogens (tertiary/aromatic N) is 12. The molecule has 0 fully saturated rings. The maximum atomic E-state index is 4.82. The third kappa shape index (κ3) is 9.93. The summed E-state index contributed by atoms with van der Waals surface area (Å²) in [6.07, 6.45) is 12.0. The first-order valence-electron chi connectivity index (χ1n) is 21.1. The third-order valence-corrected chi connectivity index (χ3v) is 12.3. The fourth-order valence-electron chi connectivity index (χ4n) is 7.61. The summed E-state index contributed by atoms with van der Waals surface area (Å²) in [5, 5.41) is 28.9. The molecule has 0 unspecified atom stereocenters. The van der Waals surface area contributed by atoms with E-state index in [0.29, 0.717) is 0 Å². The molecule has 0 aliphatic heterocycles. The quantitative estimate of drug-likeness (QED) is 0.129. The molecule has 0 radical (unpaired) electrons. The first kappa shape index (κ1) is 46.4. The van der Waals surface area contributed by atoms with Gasteiger partial charge in [0, 0.05) is 11.1 Å². The van der Waals surface area contributed by atoms with Gasteiger partial charge in [-0.2, -0.15) is 0 Å². The van der Waals surface area contributed by atoms with Crippen LogP contribution in [0.4, 0.5) is 0 Å².